The largest absolute Gasteiger partial charge is 0.480 e. The van der Waals surface area contributed by atoms with Gasteiger partial charge in [-0.15, -0.1) is 21.6 Å². The number of nitriles is 1. The van der Waals surface area contributed by atoms with E-state index in [4.69, 9.17) is 35.4 Å². The molecule has 12 nitrogen and oxygen atoms in total. The Morgan fingerprint density at radius 1 is 0.667 bits per heavy atom. The van der Waals surface area contributed by atoms with E-state index >= 15 is 0 Å². The summed E-state index contributed by atoms with van der Waals surface area (Å²) in [6, 6.07) is 8.37. The predicted octanol–water partition coefficient (Wildman–Crippen LogP) is 13.8. The third-order valence-corrected chi connectivity index (χ3v) is 12.2. The van der Waals surface area contributed by atoms with E-state index in [2.05, 4.69) is 45.1 Å². The number of ether oxygens (including phenoxy) is 5. The molecule has 1 N–H and O–H groups in total. The normalized spacial score (nSPS) is 11.4. The number of azo groups is 1. The fraction of sp³-hybridized carbons (Fsp3) is 0.740. The summed E-state index contributed by atoms with van der Waals surface area (Å²) >= 11 is 1.20. The molecule has 0 aliphatic rings. The fourth-order valence-corrected chi connectivity index (χ4v) is 8.20. The minimum absolute atomic E-state index is 0.236. The van der Waals surface area contributed by atoms with Crippen LogP contribution in [0.3, 0.4) is 0 Å². The van der Waals surface area contributed by atoms with Crippen LogP contribution in [0.5, 0.6) is 0 Å². The van der Waals surface area contributed by atoms with Crippen molar-refractivity contribution < 1.29 is 33.6 Å². The van der Waals surface area contributed by atoms with Crippen LogP contribution < -0.4 is 4.90 Å². The molecule has 2 rings (SSSR count). The molecule has 0 saturated carbocycles. The third kappa shape index (κ3) is 28.2. The van der Waals surface area contributed by atoms with E-state index in [0.717, 1.165) is 36.4 Å². The Bertz CT molecular complexity index is 1570. The lowest BCUT2D eigenvalue weighted by Crippen LogP contribution is -2.29. The SMILES string of the molecule is [C-]#[N+]c1sc(N=Nc2ccc(N(CCCCCCCCCCCCCCCCCCCCCCCC)CCOCCOCCOCCOCCOCC(=O)O)cc2C)c(C#N)c1C. The first kappa shape index (κ1) is 55.7. The molecule has 0 aliphatic heterocycles. The Balaban J connectivity index is 1.66. The maximum Gasteiger partial charge on any atom is 0.329 e. The summed E-state index contributed by atoms with van der Waals surface area (Å²) in [4.78, 5) is 16.3. The summed E-state index contributed by atoms with van der Waals surface area (Å²) in [6.07, 6.45) is 30.3. The van der Waals surface area contributed by atoms with Gasteiger partial charge in [-0.3, -0.25) is 0 Å². The first-order chi connectivity index (χ1) is 30.9. The second-order valence-electron chi connectivity index (χ2n) is 16.4. The van der Waals surface area contributed by atoms with Crippen LogP contribution in [0.4, 0.5) is 21.4 Å². The van der Waals surface area contributed by atoms with E-state index < -0.39 is 5.97 Å². The van der Waals surface area contributed by atoms with Crippen LogP contribution in [0, 0.1) is 31.8 Å². The van der Waals surface area contributed by atoms with Gasteiger partial charge in [-0.1, -0.05) is 142 Å². The van der Waals surface area contributed by atoms with Crippen molar-refractivity contribution in [3.8, 4) is 6.07 Å². The van der Waals surface area contributed by atoms with Crippen molar-refractivity contribution in [1.29, 1.82) is 5.26 Å². The average Bonchev–Trinajstić information content (AvgIpc) is 3.60. The van der Waals surface area contributed by atoms with E-state index in [-0.39, 0.29) is 13.2 Å². The van der Waals surface area contributed by atoms with Gasteiger partial charge in [0.05, 0.1) is 77.3 Å². The van der Waals surface area contributed by atoms with Crippen molar-refractivity contribution in [1.82, 2.24) is 0 Å². The lowest BCUT2D eigenvalue weighted by molar-refractivity contribution is -0.142. The molecule has 354 valence electrons. The Morgan fingerprint density at radius 2 is 1.11 bits per heavy atom. The average molecular weight is 896 g/mol. The Hall–Kier alpha value is -3.43. The van der Waals surface area contributed by atoms with Crippen molar-refractivity contribution >= 4 is 38.7 Å². The first-order valence-corrected chi connectivity index (χ1v) is 25.0. The maximum atomic E-state index is 10.4. The van der Waals surface area contributed by atoms with Gasteiger partial charge in [0.15, 0.2) is 0 Å². The number of hydrogen-bond donors (Lipinski definition) is 1. The van der Waals surface area contributed by atoms with Crippen LogP contribution in [0.15, 0.2) is 28.4 Å². The van der Waals surface area contributed by atoms with E-state index in [0.29, 0.717) is 74.0 Å². The number of unbranched alkanes of at least 4 members (excludes halogenated alkanes) is 21. The molecule has 1 aromatic carbocycles. The van der Waals surface area contributed by atoms with E-state index in [1.54, 1.807) is 6.92 Å². The number of carboxylic acids is 1. The highest BCUT2D eigenvalue weighted by molar-refractivity contribution is 7.20. The van der Waals surface area contributed by atoms with Crippen molar-refractivity contribution in [2.24, 2.45) is 10.2 Å². The summed E-state index contributed by atoms with van der Waals surface area (Å²) in [5.41, 5.74) is 3.90. The second-order valence-corrected chi connectivity index (χ2v) is 17.4. The fourth-order valence-electron chi connectivity index (χ4n) is 7.34. The van der Waals surface area contributed by atoms with Gasteiger partial charge >= 0.3 is 5.97 Å². The maximum absolute atomic E-state index is 10.4. The molecular formula is C50H81N5O7S. The van der Waals surface area contributed by atoms with Crippen molar-refractivity contribution in [2.75, 3.05) is 84.1 Å². The number of hydrogen-bond acceptors (Lipinski definition) is 11. The van der Waals surface area contributed by atoms with Crippen LogP contribution in [-0.2, 0) is 28.5 Å². The molecule has 0 saturated heterocycles. The molecule has 1 heterocycles. The molecule has 0 spiro atoms. The van der Waals surface area contributed by atoms with Crippen LogP contribution >= 0.6 is 11.3 Å². The summed E-state index contributed by atoms with van der Waals surface area (Å²) in [7, 11) is 0. The molecule has 0 fully saturated rings. The van der Waals surface area contributed by atoms with Gasteiger partial charge in [-0.05, 0) is 49.6 Å². The Labute approximate surface area is 384 Å². The zero-order valence-electron chi connectivity index (χ0n) is 39.3. The van der Waals surface area contributed by atoms with Crippen molar-refractivity contribution in [2.45, 2.75) is 162 Å². The highest BCUT2D eigenvalue weighted by atomic mass is 32.1. The summed E-state index contributed by atoms with van der Waals surface area (Å²) in [5, 5.41) is 28.0. The van der Waals surface area contributed by atoms with Gasteiger partial charge in [0.2, 0.25) is 5.00 Å². The standard InChI is InChI=1S/C50H81N5O7S/c1-5-6-7-8-9-10-11-12-13-14-15-16-17-18-19-20-21-22-23-24-25-26-29-55(30-31-58-32-33-59-34-35-60-36-37-61-38-39-62-42-48(56)57)45-27-28-47(43(2)40-45)53-54-50-46(41-51)44(3)49(52-4)63-50/h27-28,40H,5-26,29-39,42H2,1-3H3,(H,56,57). The first-order valence-electron chi connectivity index (χ1n) is 24.2. The molecule has 0 aliphatic carbocycles. The summed E-state index contributed by atoms with van der Waals surface area (Å²) in [6.45, 7) is 18.7. The number of carbonyl (C=O) groups is 1. The minimum Gasteiger partial charge on any atom is -0.480 e. The Kier molecular flexibility index (Phi) is 34.5. The lowest BCUT2D eigenvalue weighted by Gasteiger charge is -2.25. The molecule has 0 atom stereocenters. The Morgan fingerprint density at radius 3 is 1.54 bits per heavy atom. The number of rotatable bonds is 43. The number of thiophene rings is 1. The van der Waals surface area contributed by atoms with E-state index in [9.17, 15) is 10.1 Å². The molecule has 0 unspecified atom stereocenters. The summed E-state index contributed by atoms with van der Waals surface area (Å²) in [5.74, 6) is -0.994. The number of aliphatic carboxylic acids is 1. The van der Waals surface area contributed by atoms with Crippen LogP contribution in [0.1, 0.15) is 165 Å². The summed E-state index contributed by atoms with van der Waals surface area (Å²) < 4.78 is 27.4. The number of aryl methyl sites for hydroxylation is 1. The number of carboxylic acid groups (broad SMARTS) is 1. The lowest BCUT2D eigenvalue weighted by atomic mass is 10.0. The molecular weight excluding hydrogens is 815 g/mol. The van der Waals surface area contributed by atoms with Crippen LogP contribution in [0.2, 0.25) is 0 Å². The third-order valence-electron chi connectivity index (χ3n) is 11.1. The van der Waals surface area contributed by atoms with Gasteiger partial charge in [0, 0.05) is 18.8 Å². The zero-order valence-corrected chi connectivity index (χ0v) is 40.1. The van der Waals surface area contributed by atoms with Gasteiger partial charge < -0.3 is 33.7 Å². The molecule has 63 heavy (non-hydrogen) atoms. The quantitative estimate of drug-likeness (QED) is 0.0391. The second kappa shape index (κ2) is 39.0. The molecule has 0 amide bonds. The smallest absolute Gasteiger partial charge is 0.329 e. The highest BCUT2D eigenvalue weighted by Gasteiger charge is 2.15. The van der Waals surface area contributed by atoms with Gasteiger partial charge in [-0.2, -0.15) is 5.26 Å². The number of nitrogens with zero attached hydrogens (tertiary/aromatic N) is 5. The zero-order chi connectivity index (χ0) is 45.4. The molecule has 0 bridgehead atoms. The highest BCUT2D eigenvalue weighted by Crippen LogP contribution is 2.41. The number of benzene rings is 1. The van der Waals surface area contributed by atoms with E-state index in [1.165, 1.54) is 146 Å². The molecule has 2 aromatic rings. The van der Waals surface area contributed by atoms with Gasteiger partial charge in [0.1, 0.15) is 17.7 Å². The van der Waals surface area contributed by atoms with Crippen molar-refractivity contribution in [3.05, 3.63) is 46.3 Å². The topological polar surface area (TPSA) is 140 Å². The van der Waals surface area contributed by atoms with Crippen molar-refractivity contribution in [3.63, 3.8) is 0 Å². The minimum atomic E-state index is -0.994. The van der Waals surface area contributed by atoms with Gasteiger partial charge in [0.25, 0.3) is 0 Å². The van der Waals surface area contributed by atoms with Crippen LogP contribution in [-0.4, -0.2) is 90.2 Å². The number of anilines is 1. The predicted molar refractivity (Wildman–Crippen MR) is 257 cm³/mol. The van der Waals surface area contributed by atoms with Crippen LogP contribution in [0.25, 0.3) is 4.85 Å². The van der Waals surface area contributed by atoms with Gasteiger partial charge in [-0.25, -0.2) is 9.64 Å². The molecule has 0 radical (unpaired) electrons. The van der Waals surface area contributed by atoms with E-state index in [1.807, 2.05) is 13.0 Å². The molecule has 1 aromatic heterocycles. The monoisotopic (exact) mass is 896 g/mol. The molecule has 13 heteroatoms.